The molecule has 0 radical (unpaired) electrons. The normalized spacial score (nSPS) is 12.7. The van der Waals surface area contributed by atoms with Crippen LogP contribution in [-0.4, -0.2) is 6.54 Å². The topological polar surface area (TPSA) is 12.0 Å². The predicted molar refractivity (Wildman–Crippen MR) is 76.8 cm³/mol. The van der Waals surface area contributed by atoms with Gasteiger partial charge in [-0.2, -0.15) is 0 Å². The first-order chi connectivity index (χ1) is 8.61. The molecule has 0 saturated heterocycles. The van der Waals surface area contributed by atoms with E-state index in [0.29, 0.717) is 9.90 Å². The Morgan fingerprint density at radius 2 is 2.11 bits per heavy atom. The average Bonchev–Trinajstić information content (AvgIpc) is 2.76. The molecule has 1 heterocycles. The van der Waals surface area contributed by atoms with Gasteiger partial charge in [0.1, 0.15) is 5.82 Å². The lowest BCUT2D eigenvalue weighted by molar-refractivity contribution is 0.593. The summed E-state index contributed by atoms with van der Waals surface area (Å²) >= 11 is 7.29. The maximum absolute atomic E-state index is 13.9. The van der Waals surface area contributed by atoms with Gasteiger partial charge in [0.25, 0.3) is 0 Å². The van der Waals surface area contributed by atoms with Crippen LogP contribution in [0.25, 0.3) is 10.4 Å². The second-order valence-corrected chi connectivity index (χ2v) is 5.84. The molecular formula is C14H15ClFNS. The Bertz CT molecular complexity index is 538. The summed E-state index contributed by atoms with van der Waals surface area (Å²) in [7, 11) is 0. The maximum atomic E-state index is 13.9. The zero-order valence-electron chi connectivity index (χ0n) is 10.3. The van der Waals surface area contributed by atoms with Crippen LogP contribution in [0.1, 0.15) is 25.5 Å². The van der Waals surface area contributed by atoms with Gasteiger partial charge in [-0.15, -0.1) is 11.3 Å². The van der Waals surface area contributed by atoms with E-state index in [9.17, 15) is 4.39 Å². The minimum absolute atomic E-state index is 0.207. The molecule has 4 heteroatoms. The number of benzene rings is 1. The number of thiophene rings is 1. The summed E-state index contributed by atoms with van der Waals surface area (Å²) in [6.07, 6.45) is 0. The molecule has 1 aromatic heterocycles. The van der Waals surface area contributed by atoms with Crippen LogP contribution in [0.15, 0.2) is 30.3 Å². The van der Waals surface area contributed by atoms with Crippen LogP contribution in [0, 0.1) is 5.82 Å². The molecule has 2 rings (SSSR count). The first-order valence-electron chi connectivity index (χ1n) is 5.90. The van der Waals surface area contributed by atoms with Gasteiger partial charge in [-0.3, -0.25) is 0 Å². The van der Waals surface area contributed by atoms with Gasteiger partial charge in [-0.25, -0.2) is 4.39 Å². The molecular weight excluding hydrogens is 269 g/mol. The highest BCUT2D eigenvalue weighted by Gasteiger charge is 2.11. The van der Waals surface area contributed by atoms with Crippen LogP contribution in [0.3, 0.4) is 0 Å². The Morgan fingerprint density at radius 1 is 1.33 bits per heavy atom. The number of hydrogen-bond donors (Lipinski definition) is 1. The van der Waals surface area contributed by atoms with E-state index >= 15 is 0 Å². The van der Waals surface area contributed by atoms with E-state index in [0.717, 1.165) is 17.0 Å². The fourth-order valence-electron chi connectivity index (χ4n) is 1.88. The molecule has 0 aliphatic carbocycles. The molecule has 0 aliphatic heterocycles. The van der Waals surface area contributed by atoms with Crippen molar-refractivity contribution in [3.63, 3.8) is 0 Å². The lowest BCUT2D eigenvalue weighted by atomic mass is 10.0. The minimum atomic E-state index is -0.207. The van der Waals surface area contributed by atoms with Crippen molar-refractivity contribution in [2.75, 3.05) is 6.54 Å². The molecule has 0 aliphatic rings. The Hall–Kier alpha value is -0.900. The van der Waals surface area contributed by atoms with Crippen molar-refractivity contribution in [1.82, 2.24) is 5.32 Å². The molecule has 2 aromatic rings. The molecule has 1 unspecified atom stereocenters. The summed E-state index contributed by atoms with van der Waals surface area (Å²) in [5.74, 6) is -0.207. The summed E-state index contributed by atoms with van der Waals surface area (Å²) in [5, 5.41) is 3.32. The molecule has 1 atom stereocenters. The number of hydrogen-bond acceptors (Lipinski definition) is 2. The molecule has 1 nitrogen and oxygen atoms in total. The van der Waals surface area contributed by atoms with E-state index in [4.69, 9.17) is 11.6 Å². The van der Waals surface area contributed by atoms with E-state index < -0.39 is 0 Å². The molecule has 1 N–H and O–H groups in total. The van der Waals surface area contributed by atoms with E-state index in [1.165, 1.54) is 17.4 Å². The van der Waals surface area contributed by atoms with Crippen molar-refractivity contribution in [3.8, 4) is 10.4 Å². The highest BCUT2D eigenvalue weighted by Crippen LogP contribution is 2.33. The lowest BCUT2D eigenvalue weighted by Gasteiger charge is -2.14. The SMILES string of the molecule is CCNC(C)c1ccc(F)c(-c2ccc(Cl)s2)c1. The zero-order valence-corrected chi connectivity index (χ0v) is 11.9. The van der Waals surface area contributed by atoms with E-state index in [1.807, 2.05) is 18.2 Å². The molecule has 0 bridgehead atoms. The molecule has 1 aromatic carbocycles. The van der Waals surface area contributed by atoms with Gasteiger partial charge in [-0.05, 0) is 43.3 Å². The Kier molecular flexibility index (Phi) is 4.38. The first-order valence-corrected chi connectivity index (χ1v) is 7.09. The van der Waals surface area contributed by atoms with Crippen LogP contribution in [0.2, 0.25) is 4.34 Å². The molecule has 0 spiro atoms. The quantitative estimate of drug-likeness (QED) is 0.843. The second-order valence-electron chi connectivity index (χ2n) is 4.12. The Morgan fingerprint density at radius 3 is 2.72 bits per heavy atom. The van der Waals surface area contributed by atoms with Crippen LogP contribution >= 0.6 is 22.9 Å². The van der Waals surface area contributed by atoms with Gasteiger partial charge in [0.2, 0.25) is 0 Å². The van der Waals surface area contributed by atoms with Gasteiger partial charge in [0.15, 0.2) is 0 Å². The predicted octanol–water partition coefficient (Wildman–Crippen LogP) is 4.88. The summed E-state index contributed by atoms with van der Waals surface area (Å²) in [4.78, 5) is 0.864. The van der Waals surface area contributed by atoms with Crippen molar-refractivity contribution in [3.05, 3.63) is 46.0 Å². The van der Waals surface area contributed by atoms with Crippen LogP contribution in [0.4, 0.5) is 4.39 Å². The molecule has 96 valence electrons. The maximum Gasteiger partial charge on any atom is 0.131 e. The monoisotopic (exact) mass is 283 g/mol. The number of halogens is 2. The van der Waals surface area contributed by atoms with Crippen molar-refractivity contribution >= 4 is 22.9 Å². The Labute approximate surface area is 116 Å². The molecule has 18 heavy (non-hydrogen) atoms. The number of nitrogens with one attached hydrogen (secondary N) is 1. The fraction of sp³-hybridized carbons (Fsp3) is 0.286. The minimum Gasteiger partial charge on any atom is -0.310 e. The highest BCUT2D eigenvalue weighted by atomic mass is 35.5. The molecule has 0 amide bonds. The summed E-state index contributed by atoms with van der Waals surface area (Å²) in [6.45, 7) is 5.01. The summed E-state index contributed by atoms with van der Waals surface area (Å²) in [5.41, 5.74) is 1.70. The summed E-state index contributed by atoms with van der Waals surface area (Å²) in [6, 6.07) is 9.09. The van der Waals surface area contributed by atoms with E-state index in [-0.39, 0.29) is 11.9 Å². The fourth-order valence-corrected chi connectivity index (χ4v) is 2.95. The third-order valence-corrected chi connectivity index (χ3v) is 4.10. The third kappa shape index (κ3) is 2.91. The zero-order chi connectivity index (χ0) is 13.1. The summed E-state index contributed by atoms with van der Waals surface area (Å²) < 4.78 is 14.5. The van der Waals surface area contributed by atoms with E-state index in [1.54, 1.807) is 6.07 Å². The average molecular weight is 284 g/mol. The smallest absolute Gasteiger partial charge is 0.131 e. The lowest BCUT2D eigenvalue weighted by Crippen LogP contribution is -2.17. The van der Waals surface area contributed by atoms with Crippen molar-refractivity contribution in [1.29, 1.82) is 0 Å². The van der Waals surface area contributed by atoms with Crippen LogP contribution in [0.5, 0.6) is 0 Å². The van der Waals surface area contributed by atoms with Gasteiger partial charge < -0.3 is 5.32 Å². The highest BCUT2D eigenvalue weighted by molar-refractivity contribution is 7.19. The first kappa shape index (κ1) is 13.5. The number of rotatable bonds is 4. The van der Waals surface area contributed by atoms with Gasteiger partial charge >= 0.3 is 0 Å². The van der Waals surface area contributed by atoms with Crippen LogP contribution < -0.4 is 5.32 Å². The van der Waals surface area contributed by atoms with Gasteiger partial charge in [-0.1, -0.05) is 24.6 Å². The second kappa shape index (κ2) is 5.83. The Balaban J connectivity index is 2.38. The largest absolute Gasteiger partial charge is 0.310 e. The van der Waals surface area contributed by atoms with Crippen LogP contribution in [-0.2, 0) is 0 Å². The van der Waals surface area contributed by atoms with Crippen molar-refractivity contribution < 1.29 is 4.39 Å². The standard InChI is InChI=1S/C14H15ClFNS/c1-3-17-9(2)10-4-5-12(16)11(8-10)13-6-7-14(15)18-13/h4-9,17H,3H2,1-2H3. The molecule has 0 saturated carbocycles. The van der Waals surface area contributed by atoms with Gasteiger partial charge in [0.05, 0.1) is 4.34 Å². The third-order valence-electron chi connectivity index (χ3n) is 2.84. The van der Waals surface area contributed by atoms with E-state index in [2.05, 4.69) is 19.2 Å². The van der Waals surface area contributed by atoms with Crippen molar-refractivity contribution in [2.45, 2.75) is 19.9 Å². The van der Waals surface area contributed by atoms with Gasteiger partial charge in [0, 0.05) is 16.5 Å². The molecule has 0 fully saturated rings. The van der Waals surface area contributed by atoms with Crippen molar-refractivity contribution in [2.24, 2.45) is 0 Å².